The van der Waals surface area contributed by atoms with Crippen LogP contribution >= 0.6 is 0 Å². The number of carbonyl (C=O) groups is 3. The fraction of sp³-hybridized carbons (Fsp3) is 0.472. The van der Waals surface area contributed by atoms with Gasteiger partial charge in [0.25, 0.3) is 5.91 Å². The molecule has 4 aliphatic heterocycles. The van der Waals surface area contributed by atoms with Crippen LogP contribution in [0.2, 0.25) is 0 Å². The summed E-state index contributed by atoms with van der Waals surface area (Å²) in [4.78, 5) is 70.1. The van der Waals surface area contributed by atoms with E-state index in [0.29, 0.717) is 35.0 Å². The smallest absolute Gasteiger partial charge is 0.329 e. The fourth-order valence-electron chi connectivity index (χ4n) is 11.6. The average Bonchev–Trinajstić information content (AvgIpc) is 3.83. The van der Waals surface area contributed by atoms with Gasteiger partial charge in [-0.1, -0.05) is 12.1 Å². The van der Waals surface area contributed by atoms with Crippen LogP contribution in [0, 0.1) is 11.7 Å². The molecule has 0 bridgehead atoms. The van der Waals surface area contributed by atoms with E-state index in [4.69, 9.17) is 4.98 Å². The molecule has 6 aromatic rings. The van der Waals surface area contributed by atoms with E-state index in [1.165, 1.54) is 26.5 Å². The van der Waals surface area contributed by atoms with Crippen molar-refractivity contribution in [2.45, 2.75) is 83.0 Å². The molecule has 69 heavy (non-hydrogen) atoms. The van der Waals surface area contributed by atoms with Crippen molar-refractivity contribution in [2.75, 3.05) is 64.7 Å². The summed E-state index contributed by atoms with van der Waals surface area (Å²) in [7, 11) is 5.63. The first-order chi connectivity index (χ1) is 33.3. The third-order valence-electron chi connectivity index (χ3n) is 15.8. The highest BCUT2D eigenvalue weighted by molar-refractivity contribution is 6.00. The molecule has 0 radical (unpaired) electrons. The highest BCUT2D eigenvalue weighted by atomic mass is 19.1. The van der Waals surface area contributed by atoms with E-state index in [1.807, 2.05) is 42.5 Å². The molecule has 3 atom stereocenters. The van der Waals surface area contributed by atoms with Crippen LogP contribution in [-0.4, -0.2) is 126 Å². The van der Waals surface area contributed by atoms with Crippen molar-refractivity contribution in [2.24, 2.45) is 20.0 Å². The minimum absolute atomic E-state index is 0.113. The van der Waals surface area contributed by atoms with Crippen LogP contribution in [0.1, 0.15) is 97.6 Å². The SMILES string of the molecule is CNc1ccc(-c2ccnc3c2cc([C@H](C)N2CCC(c4ccc(C(=O)N5CCC(CN6CCN(Cc7cc8c(cc7F)n(C7CCC(=O)NC7=O)c(=O)n8C)C[C@@H]6C)CC5)cc4)CC2)n3C)cn1. The van der Waals surface area contributed by atoms with Gasteiger partial charge < -0.3 is 14.8 Å². The number of amides is 3. The molecule has 0 saturated carbocycles. The second-order valence-corrected chi connectivity index (χ2v) is 19.9. The van der Waals surface area contributed by atoms with Gasteiger partial charge in [0.15, 0.2) is 0 Å². The van der Waals surface area contributed by atoms with Gasteiger partial charge in [-0.05, 0) is 124 Å². The highest BCUT2D eigenvalue weighted by Crippen LogP contribution is 2.37. The lowest BCUT2D eigenvalue weighted by atomic mass is 9.88. The van der Waals surface area contributed by atoms with Gasteiger partial charge in [0.1, 0.15) is 23.3 Å². The second-order valence-electron chi connectivity index (χ2n) is 19.9. The Morgan fingerprint density at radius 2 is 1.64 bits per heavy atom. The van der Waals surface area contributed by atoms with Crippen LogP contribution in [0.5, 0.6) is 0 Å². The third-order valence-corrected chi connectivity index (χ3v) is 15.8. The van der Waals surface area contributed by atoms with Gasteiger partial charge in [-0.25, -0.2) is 19.2 Å². The molecule has 4 saturated heterocycles. The number of aromatic nitrogens is 5. The molecule has 4 fully saturated rings. The molecule has 16 heteroatoms. The summed E-state index contributed by atoms with van der Waals surface area (Å²) >= 11 is 0. The number of pyridine rings is 2. The lowest BCUT2D eigenvalue weighted by Crippen LogP contribution is -2.53. The number of anilines is 1. The Balaban J connectivity index is 0.685. The number of hydrogen-bond donors (Lipinski definition) is 2. The van der Waals surface area contributed by atoms with Crippen molar-refractivity contribution < 1.29 is 18.8 Å². The molecule has 15 nitrogen and oxygen atoms in total. The quantitative estimate of drug-likeness (QED) is 0.139. The predicted molar refractivity (Wildman–Crippen MR) is 265 cm³/mol. The van der Waals surface area contributed by atoms with Crippen molar-refractivity contribution in [1.82, 2.24) is 48.6 Å². The molecular weight excluding hydrogens is 874 g/mol. The monoisotopic (exact) mass is 938 g/mol. The van der Waals surface area contributed by atoms with Crippen LogP contribution < -0.4 is 16.3 Å². The lowest BCUT2D eigenvalue weighted by Gasteiger charge is -2.42. The molecular formula is C53H64FN11O4. The largest absolute Gasteiger partial charge is 0.373 e. The number of nitrogens with zero attached hydrogens (tertiary/aromatic N) is 9. The lowest BCUT2D eigenvalue weighted by molar-refractivity contribution is -0.135. The van der Waals surface area contributed by atoms with Gasteiger partial charge in [-0.3, -0.25) is 43.5 Å². The number of nitrogens with one attached hydrogen (secondary N) is 2. The Bertz CT molecular complexity index is 2950. The normalized spacial score (nSPS) is 21.0. The number of halogens is 1. The summed E-state index contributed by atoms with van der Waals surface area (Å²) in [5.74, 6) is 0.596. The van der Waals surface area contributed by atoms with E-state index in [0.717, 1.165) is 112 Å². The minimum Gasteiger partial charge on any atom is -0.373 e. The number of aryl methyl sites for hydroxylation is 2. The number of carbonyl (C=O) groups excluding carboxylic acids is 3. The number of imide groups is 1. The average molecular weight is 938 g/mol. The Morgan fingerprint density at radius 1 is 0.870 bits per heavy atom. The van der Waals surface area contributed by atoms with Crippen LogP contribution in [0.25, 0.3) is 33.2 Å². The maximum absolute atomic E-state index is 15.7. The summed E-state index contributed by atoms with van der Waals surface area (Å²) < 4.78 is 20.7. The minimum atomic E-state index is -0.858. The van der Waals surface area contributed by atoms with Gasteiger partial charge >= 0.3 is 5.69 Å². The van der Waals surface area contributed by atoms with Crippen molar-refractivity contribution in [3.05, 3.63) is 112 Å². The number of likely N-dealkylation sites (tertiary alicyclic amines) is 2. The highest BCUT2D eigenvalue weighted by Gasteiger charge is 2.34. The van der Waals surface area contributed by atoms with Gasteiger partial charge in [-0.2, -0.15) is 0 Å². The molecule has 0 spiro atoms. The van der Waals surface area contributed by atoms with Gasteiger partial charge in [0.2, 0.25) is 11.8 Å². The first-order valence-electron chi connectivity index (χ1n) is 24.8. The molecule has 2 aromatic carbocycles. The van der Waals surface area contributed by atoms with Crippen LogP contribution in [0.3, 0.4) is 0 Å². The third kappa shape index (κ3) is 9.09. The number of rotatable bonds is 11. The van der Waals surface area contributed by atoms with E-state index in [1.54, 1.807) is 13.1 Å². The predicted octanol–water partition coefficient (Wildman–Crippen LogP) is 6.45. The van der Waals surface area contributed by atoms with Gasteiger partial charge in [0.05, 0.1) is 11.0 Å². The maximum Gasteiger partial charge on any atom is 0.329 e. The molecule has 3 amide bonds. The Kier molecular flexibility index (Phi) is 13.0. The summed E-state index contributed by atoms with van der Waals surface area (Å²) in [6.07, 6.45) is 8.20. The molecule has 0 aliphatic carbocycles. The second kappa shape index (κ2) is 19.3. The topological polar surface area (TPSA) is 146 Å². The van der Waals surface area contributed by atoms with Crippen molar-refractivity contribution >= 4 is 45.6 Å². The Labute approximate surface area is 402 Å². The fourth-order valence-corrected chi connectivity index (χ4v) is 11.6. The van der Waals surface area contributed by atoms with E-state index < -0.39 is 23.5 Å². The zero-order chi connectivity index (χ0) is 48.1. The standard InChI is InChI=1S/C53H64FN11O4/c1-33-30-61(32-40-26-46-47(28-43(40)54)65(53(69)60(46)5)44-11-13-49(66)58-51(44)67)24-25-64(33)31-35-15-20-63(21-16-35)52(68)38-8-6-36(7-9-38)37-17-22-62(23-18-37)34(2)45-27-42-41(14-19-56-50(42)59(45)4)39-10-12-48(55-3)57-29-39/h6-10,12,14,19,26-29,33-35,37,44H,11,13,15-18,20-25,30-32H2,1-5H3,(H,55,57)(H,58,66,67)/t33-,34-,44?/m0/s1. The summed E-state index contributed by atoms with van der Waals surface area (Å²) in [5.41, 5.74) is 7.52. The van der Waals surface area contributed by atoms with Crippen LogP contribution in [-0.2, 0) is 30.2 Å². The van der Waals surface area contributed by atoms with Crippen molar-refractivity contribution in [3.8, 4) is 11.1 Å². The molecule has 362 valence electrons. The maximum atomic E-state index is 15.7. The van der Waals surface area contributed by atoms with Crippen molar-refractivity contribution in [1.29, 1.82) is 0 Å². The van der Waals surface area contributed by atoms with Crippen molar-refractivity contribution in [3.63, 3.8) is 0 Å². The van der Waals surface area contributed by atoms with E-state index in [2.05, 4.69) is 86.1 Å². The van der Waals surface area contributed by atoms with Gasteiger partial charge in [-0.15, -0.1) is 0 Å². The molecule has 4 aliphatic rings. The number of imidazole rings is 1. The first-order valence-corrected chi connectivity index (χ1v) is 24.8. The zero-order valence-electron chi connectivity index (χ0n) is 40.5. The van der Waals surface area contributed by atoms with Crippen LogP contribution in [0.15, 0.2) is 77.9 Å². The van der Waals surface area contributed by atoms with E-state index in [-0.39, 0.29) is 36.7 Å². The molecule has 2 N–H and O–H groups in total. The number of fused-ring (bicyclic) bond motifs is 2. The zero-order valence-corrected chi connectivity index (χ0v) is 40.5. The summed E-state index contributed by atoms with van der Waals surface area (Å²) in [6, 6.07) is 19.7. The van der Waals surface area contributed by atoms with Crippen LogP contribution in [0.4, 0.5) is 10.2 Å². The number of piperidine rings is 3. The molecule has 4 aromatic heterocycles. The number of piperazine rings is 1. The van der Waals surface area contributed by atoms with E-state index >= 15 is 4.39 Å². The summed E-state index contributed by atoms with van der Waals surface area (Å²) in [6.45, 7) is 11.9. The Hall–Kier alpha value is -6.23. The van der Waals surface area contributed by atoms with E-state index in [9.17, 15) is 19.2 Å². The number of hydrogen-bond acceptors (Lipinski definition) is 10. The Morgan fingerprint density at radius 3 is 2.33 bits per heavy atom. The number of benzene rings is 2. The van der Waals surface area contributed by atoms with Gasteiger partial charge in [0, 0.05) is 132 Å². The molecule has 1 unspecified atom stereocenters. The summed E-state index contributed by atoms with van der Waals surface area (Å²) in [5, 5.41) is 6.54. The first kappa shape index (κ1) is 46.5. The molecule has 10 rings (SSSR count). The molecule has 8 heterocycles.